The van der Waals surface area contributed by atoms with Crippen LogP contribution in [0.1, 0.15) is 19.3 Å². The van der Waals surface area contributed by atoms with Crippen molar-refractivity contribution in [1.29, 1.82) is 0 Å². The van der Waals surface area contributed by atoms with E-state index in [9.17, 15) is 4.21 Å². The molecule has 1 aliphatic rings. The van der Waals surface area contributed by atoms with E-state index in [0.717, 1.165) is 42.7 Å². The Morgan fingerprint density at radius 2 is 2.26 bits per heavy atom. The number of aryl methyl sites for hydroxylation is 1. The SMILES string of the molecule is C=CS(=O)N1CCCC(Oc2nc(-c3cnn(C)c3)cc3nccn23)CC1. The second-order valence-electron chi connectivity index (χ2n) is 6.52. The van der Waals surface area contributed by atoms with Crippen LogP contribution in [0.5, 0.6) is 6.01 Å². The van der Waals surface area contributed by atoms with Gasteiger partial charge in [0.2, 0.25) is 0 Å². The van der Waals surface area contributed by atoms with Crippen LogP contribution in [-0.2, 0) is 18.0 Å². The van der Waals surface area contributed by atoms with Gasteiger partial charge in [-0.1, -0.05) is 6.58 Å². The molecule has 142 valence electrons. The van der Waals surface area contributed by atoms with Gasteiger partial charge < -0.3 is 4.74 Å². The zero-order chi connectivity index (χ0) is 18.8. The highest BCUT2D eigenvalue weighted by molar-refractivity contribution is 7.85. The number of rotatable bonds is 5. The van der Waals surface area contributed by atoms with Gasteiger partial charge in [-0.2, -0.15) is 10.1 Å². The van der Waals surface area contributed by atoms with E-state index in [1.165, 1.54) is 5.41 Å². The maximum Gasteiger partial charge on any atom is 0.303 e. The molecule has 2 atom stereocenters. The first-order valence-corrected chi connectivity index (χ1v) is 10.1. The van der Waals surface area contributed by atoms with Gasteiger partial charge >= 0.3 is 6.01 Å². The Hall–Kier alpha value is -2.52. The maximum atomic E-state index is 12.0. The summed E-state index contributed by atoms with van der Waals surface area (Å²) < 4.78 is 23.8. The molecule has 2 unspecified atom stereocenters. The highest BCUT2D eigenvalue weighted by Crippen LogP contribution is 2.24. The van der Waals surface area contributed by atoms with Gasteiger partial charge in [0.1, 0.15) is 22.7 Å². The molecule has 3 aromatic heterocycles. The predicted molar refractivity (Wildman–Crippen MR) is 103 cm³/mol. The van der Waals surface area contributed by atoms with E-state index < -0.39 is 11.0 Å². The van der Waals surface area contributed by atoms with Crippen molar-refractivity contribution < 1.29 is 8.95 Å². The van der Waals surface area contributed by atoms with Crippen molar-refractivity contribution in [2.45, 2.75) is 25.4 Å². The van der Waals surface area contributed by atoms with Crippen LogP contribution in [0.4, 0.5) is 0 Å². The van der Waals surface area contributed by atoms with Crippen LogP contribution in [0, 0.1) is 0 Å². The molecule has 3 aromatic rings. The lowest BCUT2D eigenvalue weighted by atomic mass is 10.2. The molecule has 27 heavy (non-hydrogen) atoms. The number of fused-ring (bicyclic) bond motifs is 1. The summed E-state index contributed by atoms with van der Waals surface area (Å²) in [6.45, 7) is 5.11. The Labute approximate surface area is 160 Å². The smallest absolute Gasteiger partial charge is 0.303 e. The van der Waals surface area contributed by atoms with Gasteiger partial charge in [-0.15, -0.1) is 0 Å². The fraction of sp³-hybridized carbons (Fsp3) is 0.389. The molecule has 0 N–H and O–H groups in total. The molecule has 0 aliphatic carbocycles. The topological polar surface area (TPSA) is 77.6 Å². The maximum absolute atomic E-state index is 12.0. The zero-order valence-electron chi connectivity index (χ0n) is 15.2. The van der Waals surface area contributed by atoms with Crippen LogP contribution in [0.25, 0.3) is 16.9 Å². The highest BCUT2D eigenvalue weighted by atomic mass is 32.2. The molecule has 0 aromatic carbocycles. The van der Waals surface area contributed by atoms with Crippen molar-refractivity contribution in [3.05, 3.63) is 42.8 Å². The number of ether oxygens (including phenoxy) is 1. The second kappa shape index (κ2) is 7.61. The van der Waals surface area contributed by atoms with Crippen LogP contribution < -0.4 is 4.74 Å². The predicted octanol–water partition coefficient (Wildman–Crippen LogP) is 2.17. The van der Waals surface area contributed by atoms with Crippen molar-refractivity contribution in [2.75, 3.05) is 13.1 Å². The summed E-state index contributed by atoms with van der Waals surface area (Å²) in [7, 11) is 0.748. The van der Waals surface area contributed by atoms with Crippen molar-refractivity contribution in [1.82, 2.24) is 28.5 Å². The van der Waals surface area contributed by atoms with E-state index in [-0.39, 0.29) is 6.10 Å². The van der Waals surface area contributed by atoms with E-state index in [1.807, 2.05) is 34.2 Å². The van der Waals surface area contributed by atoms with Gasteiger partial charge in [0.25, 0.3) is 0 Å². The van der Waals surface area contributed by atoms with E-state index in [0.29, 0.717) is 12.6 Å². The van der Waals surface area contributed by atoms with Crippen LogP contribution in [-0.4, -0.2) is 51.9 Å². The van der Waals surface area contributed by atoms with Crippen LogP contribution in [0.3, 0.4) is 0 Å². The molecule has 0 spiro atoms. The number of hydrogen-bond donors (Lipinski definition) is 0. The summed E-state index contributed by atoms with van der Waals surface area (Å²) in [5.41, 5.74) is 2.47. The molecule has 1 saturated heterocycles. The molecule has 0 amide bonds. The first-order valence-electron chi connectivity index (χ1n) is 8.92. The largest absolute Gasteiger partial charge is 0.461 e. The average Bonchev–Trinajstić information content (AvgIpc) is 3.26. The van der Waals surface area contributed by atoms with Gasteiger partial charge in [0, 0.05) is 55.8 Å². The van der Waals surface area contributed by atoms with Gasteiger partial charge in [-0.25, -0.2) is 13.5 Å². The van der Waals surface area contributed by atoms with Crippen LogP contribution in [0.15, 0.2) is 42.8 Å². The average molecular weight is 386 g/mol. The van der Waals surface area contributed by atoms with Gasteiger partial charge in [0.05, 0.1) is 11.9 Å². The second-order valence-corrected chi connectivity index (χ2v) is 7.93. The van der Waals surface area contributed by atoms with E-state index >= 15 is 0 Å². The van der Waals surface area contributed by atoms with E-state index in [4.69, 9.17) is 9.72 Å². The quantitative estimate of drug-likeness (QED) is 0.672. The molecular weight excluding hydrogens is 364 g/mol. The van der Waals surface area contributed by atoms with E-state index in [2.05, 4.69) is 16.7 Å². The molecule has 0 radical (unpaired) electrons. The summed E-state index contributed by atoms with van der Waals surface area (Å²) in [5.74, 6) is 0. The first-order chi connectivity index (χ1) is 13.1. The van der Waals surface area contributed by atoms with Crippen LogP contribution >= 0.6 is 0 Å². The minimum absolute atomic E-state index is 0.0130. The molecule has 4 rings (SSSR count). The molecule has 0 saturated carbocycles. The number of aromatic nitrogens is 5. The lowest BCUT2D eigenvalue weighted by molar-refractivity contribution is 0.168. The first kappa shape index (κ1) is 17.9. The summed E-state index contributed by atoms with van der Waals surface area (Å²) in [5, 5.41) is 5.70. The Morgan fingerprint density at radius 1 is 1.37 bits per heavy atom. The summed E-state index contributed by atoms with van der Waals surface area (Å²) in [6, 6.07) is 2.44. The summed E-state index contributed by atoms with van der Waals surface area (Å²) in [6.07, 6.45) is 9.88. The monoisotopic (exact) mass is 386 g/mol. The molecule has 8 nitrogen and oxygen atoms in total. The lowest BCUT2D eigenvalue weighted by Gasteiger charge is -2.18. The highest BCUT2D eigenvalue weighted by Gasteiger charge is 2.22. The summed E-state index contributed by atoms with van der Waals surface area (Å²) in [4.78, 5) is 9.10. The Bertz CT molecular complexity index is 981. The molecule has 1 aliphatic heterocycles. The third-order valence-electron chi connectivity index (χ3n) is 4.66. The van der Waals surface area contributed by atoms with Crippen molar-refractivity contribution >= 4 is 16.6 Å². The van der Waals surface area contributed by atoms with Crippen LogP contribution in [0.2, 0.25) is 0 Å². The molecular formula is C18H22N6O2S. The van der Waals surface area contributed by atoms with Gasteiger partial charge in [-0.3, -0.25) is 9.08 Å². The van der Waals surface area contributed by atoms with Crippen molar-refractivity contribution in [3.8, 4) is 17.3 Å². The molecule has 1 fully saturated rings. The third kappa shape index (κ3) is 3.79. The molecule has 4 heterocycles. The minimum atomic E-state index is -1.13. The normalized spacial score (nSPS) is 19.7. The lowest BCUT2D eigenvalue weighted by Crippen LogP contribution is -2.27. The molecule has 0 bridgehead atoms. The van der Waals surface area contributed by atoms with Gasteiger partial charge in [0.15, 0.2) is 0 Å². The van der Waals surface area contributed by atoms with Crippen molar-refractivity contribution in [3.63, 3.8) is 0 Å². The number of hydrogen-bond acceptors (Lipinski definition) is 5. The van der Waals surface area contributed by atoms with Crippen molar-refractivity contribution in [2.24, 2.45) is 7.05 Å². The Kier molecular flexibility index (Phi) is 5.04. The number of nitrogens with zero attached hydrogens (tertiary/aromatic N) is 6. The Balaban J connectivity index is 1.59. The fourth-order valence-corrected chi connectivity index (χ4v) is 4.08. The van der Waals surface area contributed by atoms with Gasteiger partial charge in [-0.05, 0) is 19.3 Å². The minimum Gasteiger partial charge on any atom is -0.461 e. The Morgan fingerprint density at radius 3 is 3.04 bits per heavy atom. The fourth-order valence-electron chi connectivity index (χ4n) is 3.27. The number of imidazole rings is 1. The summed E-state index contributed by atoms with van der Waals surface area (Å²) >= 11 is 0. The molecule has 9 heteroatoms. The van der Waals surface area contributed by atoms with E-state index in [1.54, 1.807) is 17.1 Å². The standard InChI is InChI=1S/C18H22N6O2S/c1-3-27(25)23-8-4-5-15(6-9-23)26-18-21-16(14-12-20-22(2)13-14)11-17-19-7-10-24(17)18/h3,7,10-13,15H,1,4-6,8-9H2,2H3. The zero-order valence-corrected chi connectivity index (χ0v) is 16.0. The third-order valence-corrected chi connectivity index (χ3v) is 5.82.